The number of carbonyl (C=O) groups is 1. The molecule has 0 bridgehead atoms. The normalized spacial score (nSPS) is 25.8. The summed E-state index contributed by atoms with van der Waals surface area (Å²) in [4.78, 5) is 13.4. The van der Waals surface area contributed by atoms with Gasteiger partial charge < -0.3 is 4.90 Å². The maximum absolute atomic E-state index is 11.1. The van der Waals surface area contributed by atoms with Gasteiger partial charge in [0.05, 0.1) is 0 Å². The highest BCUT2D eigenvalue weighted by molar-refractivity contribution is 5.78. The maximum atomic E-state index is 11.1. The Bertz CT molecular complexity index is 144. The second-order valence-electron chi connectivity index (χ2n) is 3.37. The van der Waals surface area contributed by atoms with E-state index in [-0.39, 0.29) is 0 Å². The van der Waals surface area contributed by atoms with Crippen molar-refractivity contribution in [1.29, 1.82) is 0 Å². The van der Waals surface area contributed by atoms with Gasteiger partial charge in [0.2, 0.25) is 0 Å². The molecule has 2 heteroatoms. The molecule has 1 saturated heterocycles. The number of carbonyl (C=O) groups excluding carboxylic acids is 1. The summed E-state index contributed by atoms with van der Waals surface area (Å²) >= 11 is 0. The molecular formula is C9H17NO. The number of hydrogen-bond donors (Lipinski definition) is 0. The van der Waals surface area contributed by atoms with Crippen LogP contribution in [0, 0.1) is 0 Å². The third-order valence-corrected chi connectivity index (χ3v) is 2.53. The van der Waals surface area contributed by atoms with E-state index in [0.29, 0.717) is 18.2 Å². The van der Waals surface area contributed by atoms with Crippen LogP contribution in [0.15, 0.2) is 0 Å². The monoisotopic (exact) mass is 155 g/mol. The van der Waals surface area contributed by atoms with E-state index in [2.05, 4.69) is 11.9 Å². The van der Waals surface area contributed by atoms with Crippen molar-refractivity contribution in [3.8, 4) is 0 Å². The molecule has 1 rings (SSSR count). The number of nitrogens with zero attached hydrogens (tertiary/aromatic N) is 1. The predicted octanol–water partition coefficient (Wildman–Crippen LogP) is 1.45. The van der Waals surface area contributed by atoms with Gasteiger partial charge in [-0.3, -0.25) is 4.79 Å². The van der Waals surface area contributed by atoms with Crippen molar-refractivity contribution >= 4 is 5.78 Å². The summed E-state index contributed by atoms with van der Waals surface area (Å²) in [6.45, 7) is 3.11. The van der Waals surface area contributed by atoms with Gasteiger partial charge in [-0.25, -0.2) is 0 Å². The lowest BCUT2D eigenvalue weighted by molar-refractivity contribution is -0.119. The van der Waals surface area contributed by atoms with Gasteiger partial charge in [-0.05, 0) is 26.4 Å². The first-order valence-corrected chi connectivity index (χ1v) is 4.46. The lowest BCUT2D eigenvalue weighted by Gasteiger charge is -2.17. The van der Waals surface area contributed by atoms with E-state index in [9.17, 15) is 4.79 Å². The molecule has 0 unspecified atom stereocenters. The van der Waals surface area contributed by atoms with E-state index in [4.69, 9.17) is 0 Å². The van der Waals surface area contributed by atoms with Gasteiger partial charge in [0, 0.05) is 18.9 Å². The summed E-state index contributed by atoms with van der Waals surface area (Å²) in [6.07, 6.45) is 3.94. The fraction of sp³-hybridized carbons (Fsp3) is 0.889. The van der Waals surface area contributed by atoms with Gasteiger partial charge in [0.1, 0.15) is 5.78 Å². The van der Waals surface area contributed by atoms with Crippen LogP contribution in [-0.4, -0.2) is 30.3 Å². The van der Waals surface area contributed by atoms with E-state index in [0.717, 1.165) is 6.42 Å². The van der Waals surface area contributed by atoms with E-state index < -0.39 is 0 Å². The minimum Gasteiger partial charge on any atom is -0.303 e. The Hall–Kier alpha value is -0.370. The summed E-state index contributed by atoms with van der Waals surface area (Å²) in [6, 6.07) is 0.544. The Labute approximate surface area is 68.6 Å². The Morgan fingerprint density at radius 2 is 2.36 bits per heavy atom. The lowest BCUT2D eigenvalue weighted by atomic mass is 10.1. The summed E-state index contributed by atoms with van der Waals surface area (Å²) in [5, 5.41) is 0. The van der Waals surface area contributed by atoms with E-state index in [1.165, 1.54) is 19.4 Å². The molecule has 0 saturated carbocycles. The SMILES string of the molecule is CCC(=O)C[C@@H]1CCCN1C. The average Bonchev–Trinajstić information content (AvgIpc) is 2.37. The highest BCUT2D eigenvalue weighted by atomic mass is 16.1. The van der Waals surface area contributed by atoms with Gasteiger partial charge >= 0.3 is 0 Å². The lowest BCUT2D eigenvalue weighted by Crippen LogP contribution is -2.27. The number of rotatable bonds is 3. The van der Waals surface area contributed by atoms with Crippen LogP contribution in [-0.2, 0) is 4.79 Å². The second-order valence-corrected chi connectivity index (χ2v) is 3.37. The van der Waals surface area contributed by atoms with Gasteiger partial charge in [-0.15, -0.1) is 0 Å². The third-order valence-electron chi connectivity index (χ3n) is 2.53. The molecule has 0 N–H and O–H groups in total. The van der Waals surface area contributed by atoms with Gasteiger partial charge in [-0.1, -0.05) is 6.92 Å². The van der Waals surface area contributed by atoms with Crippen molar-refractivity contribution in [1.82, 2.24) is 4.90 Å². The van der Waals surface area contributed by atoms with Gasteiger partial charge in [-0.2, -0.15) is 0 Å². The molecule has 0 aromatic heterocycles. The Balaban J connectivity index is 2.30. The van der Waals surface area contributed by atoms with Crippen LogP contribution in [0.5, 0.6) is 0 Å². The van der Waals surface area contributed by atoms with Crippen LogP contribution >= 0.6 is 0 Å². The second kappa shape index (κ2) is 3.86. The quantitative estimate of drug-likeness (QED) is 0.615. The Kier molecular flexibility index (Phi) is 3.06. The van der Waals surface area contributed by atoms with E-state index in [1.807, 2.05) is 6.92 Å². The molecular weight excluding hydrogens is 138 g/mol. The Morgan fingerprint density at radius 1 is 1.64 bits per heavy atom. The molecule has 1 fully saturated rings. The standard InChI is InChI=1S/C9H17NO/c1-3-9(11)7-8-5-4-6-10(8)2/h8H,3-7H2,1-2H3/t8-/m0/s1. The molecule has 0 radical (unpaired) electrons. The topological polar surface area (TPSA) is 20.3 Å². The fourth-order valence-corrected chi connectivity index (χ4v) is 1.64. The number of hydrogen-bond acceptors (Lipinski definition) is 2. The van der Waals surface area contributed by atoms with Crippen LogP contribution in [0.4, 0.5) is 0 Å². The average molecular weight is 155 g/mol. The van der Waals surface area contributed by atoms with Crippen molar-refractivity contribution in [2.24, 2.45) is 0 Å². The third kappa shape index (κ3) is 2.29. The minimum absolute atomic E-state index is 0.406. The zero-order valence-electron chi connectivity index (χ0n) is 7.47. The molecule has 11 heavy (non-hydrogen) atoms. The smallest absolute Gasteiger partial charge is 0.134 e. The van der Waals surface area contributed by atoms with Crippen molar-refractivity contribution in [2.75, 3.05) is 13.6 Å². The molecule has 0 aromatic carbocycles. The Morgan fingerprint density at radius 3 is 2.82 bits per heavy atom. The summed E-state index contributed by atoms with van der Waals surface area (Å²) in [7, 11) is 2.11. The van der Waals surface area contributed by atoms with Crippen LogP contribution in [0.1, 0.15) is 32.6 Å². The number of Topliss-reactive ketones (excluding diaryl/α,β-unsaturated/α-hetero) is 1. The number of likely N-dealkylation sites (tertiary alicyclic amines) is 1. The molecule has 1 atom stereocenters. The van der Waals surface area contributed by atoms with Crippen molar-refractivity contribution in [2.45, 2.75) is 38.6 Å². The fourth-order valence-electron chi connectivity index (χ4n) is 1.64. The molecule has 64 valence electrons. The maximum Gasteiger partial charge on any atom is 0.134 e. The highest BCUT2D eigenvalue weighted by Gasteiger charge is 2.22. The molecule has 0 amide bonds. The van der Waals surface area contributed by atoms with E-state index >= 15 is 0 Å². The van der Waals surface area contributed by atoms with Crippen molar-refractivity contribution < 1.29 is 4.79 Å². The highest BCUT2D eigenvalue weighted by Crippen LogP contribution is 2.18. The van der Waals surface area contributed by atoms with Crippen LogP contribution in [0.25, 0.3) is 0 Å². The molecule has 0 aromatic rings. The molecule has 1 heterocycles. The van der Waals surface area contributed by atoms with Gasteiger partial charge in [0.15, 0.2) is 0 Å². The largest absolute Gasteiger partial charge is 0.303 e. The first-order chi connectivity index (χ1) is 5.24. The van der Waals surface area contributed by atoms with Gasteiger partial charge in [0.25, 0.3) is 0 Å². The predicted molar refractivity (Wildman–Crippen MR) is 45.6 cm³/mol. The molecule has 1 aliphatic heterocycles. The number of ketones is 1. The first-order valence-electron chi connectivity index (χ1n) is 4.46. The van der Waals surface area contributed by atoms with Crippen LogP contribution in [0.2, 0.25) is 0 Å². The zero-order chi connectivity index (χ0) is 8.27. The minimum atomic E-state index is 0.406. The summed E-state index contributed by atoms with van der Waals surface area (Å²) in [5.41, 5.74) is 0. The molecule has 2 nitrogen and oxygen atoms in total. The van der Waals surface area contributed by atoms with Crippen molar-refractivity contribution in [3.63, 3.8) is 0 Å². The molecule has 1 aliphatic rings. The van der Waals surface area contributed by atoms with Crippen LogP contribution in [0.3, 0.4) is 0 Å². The van der Waals surface area contributed by atoms with Crippen molar-refractivity contribution in [3.05, 3.63) is 0 Å². The molecule has 0 spiro atoms. The first kappa shape index (κ1) is 8.72. The van der Waals surface area contributed by atoms with Crippen LogP contribution < -0.4 is 0 Å². The summed E-state index contributed by atoms with van der Waals surface area (Å²) in [5.74, 6) is 0.406. The van der Waals surface area contributed by atoms with E-state index in [1.54, 1.807) is 0 Å². The zero-order valence-corrected chi connectivity index (χ0v) is 7.47. The molecule has 0 aliphatic carbocycles. The summed E-state index contributed by atoms with van der Waals surface area (Å²) < 4.78 is 0.